The quantitative estimate of drug-likeness (QED) is 0.290. The summed E-state index contributed by atoms with van der Waals surface area (Å²) in [5.74, 6) is -5.51. The summed E-state index contributed by atoms with van der Waals surface area (Å²) < 4.78 is 89.6. The standard InChI is InChI=1S/C20H14ClF5N5O7P/c1-19(22,23)14-4-11(17(32)31(29-14)9-37-39(34,35)36)7-30-8-28-16(20(24,25)26)15(18(30)33)38-13-3-10(6-27)2-12(21)5-13/h2-5,8H,7,9H2,1H3,(H2,34,35,36). The third-order valence-electron chi connectivity index (χ3n) is 4.67. The van der Waals surface area contributed by atoms with Gasteiger partial charge in [-0.15, -0.1) is 0 Å². The van der Waals surface area contributed by atoms with Crippen LogP contribution in [-0.2, 0) is 34.5 Å². The van der Waals surface area contributed by atoms with Gasteiger partial charge in [-0.2, -0.15) is 32.3 Å². The number of alkyl halides is 5. The second-order valence-electron chi connectivity index (χ2n) is 7.74. The van der Waals surface area contributed by atoms with E-state index >= 15 is 0 Å². The van der Waals surface area contributed by atoms with Crippen molar-refractivity contribution in [1.82, 2.24) is 19.3 Å². The van der Waals surface area contributed by atoms with Crippen molar-refractivity contribution in [3.05, 3.63) is 78.8 Å². The average Bonchev–Trinajstić information content (AvgIpc) is 2.79. The van der Waals surface area contributed by atoms with Gasteiger partial charge in [-0.3, -0.25) is 18.7 Å². The molecule has 0 saturated heterocycles. The number of ether oxygens (including phenoxy) is 1. The predicted octanol–water partition coefficient (Wildman–Crippen LogP) is 3.36. The van der Waals surface area contributed by atoms with Crippen molar-refractivity contribution in [3.8, 4) is 17.6 Å². The van der Waals surface area contributed by atoms with Crippen molar-refractivity contribution < 1.29 is 45.6 Å². The number of benzene rings is 1. The van der Waals surface area contributed by atoms with E-state index in [0.29, 0.717) is 23.9 Å². The van der Waals surface area contributed by atoms with E-state index < -0.39 is 72.8 Å². The largest absolute Gasteiger partial charge is 0.471 e. The van der Waals surface area contributed by atoms with Gasteiger partial charge >= 0.3 is 14.0 Å². The van der Waals surface area contributed by atoms with Gasteiger partial charge in [-0.25, -0.2) is 14.2 Å². The zero-order valence-electron chi connectivity index (χ0n) is 19.2. The number of phosphoric ester groups is 1. The van der Waals surface area contributed by atoms with E-state index in [2.05, 4.69) is 14.6 Å². The Morgan fingerprint density at radius 2 is 1.79 bits per heavy atom. The normalized spacial score (nSPS) is 12.3. The molecule has 39 heavy (non-hydrogen) atoms. The van der Waals surface area contributed by atoms with Crippen LogP contribution in [0.25, 0.3) is 0 Å². The number of nitrogens with zero attached hydrogens (tertiary/aromatic N) is 5. The third kappa shape index (κ3) is 7.46. The molecule has 3 aromatic rings. The molecule has 0 spiro atoms. The second-order valence-corrected chi connectivity index (χ2v) is 9.42. The number of rotatable bonds is 8. The van der Waals surface area contributed by atoms with Gasteiger partial charge in [-0.1, -0.05) is 11.6 Å². The molecule has 0 atom stereocenters. The summed E-state index contributed by atoms with van der Waals surface area (Å²) in [7, 11) is -5.17. The summed E-state index contributed by atoms with van der Waals surface area (Å²) in [6.45, 7) is -1.83. The summed E-state index contributed by atoms with van der Waals surface area (Å²) in [4.78, 5) is 46.6. The highest BCUT2D eigenvalue weighted by Gasteiger charge is 2.39. The van der Waals surface area contributed by atoms with Crippen LogP contribution in [0.15, 0.2) is 40.2 Å². The van der Waals surface area contributed by atoms with Crippen LogP contribution < -0.4 is 15.9 Å². The fraction of sp³-hybridized carbons (Fsp3) is 0.250. The Kier molecular flexibility index (Phi) is 8.29. The minimum Gasteiger partial charge on any atom is -0.449 e. The monoisotopic (exact) mass is 597 g/mol. The fourth-order valence-corrected chi connectivity index (χ4v) is 3.49. The maximum absolute atomic E-state index is 14.0. The molecule has 2 heterocycles. The van der Waals surface area contributed by atoms with Crippen molar-refractivity contribution in [2.45, 2.75) is 32.3 Å². The van der Waals surface area contributed by atoms with Crippen LogP contribution in [0.5, 0.6) is 11.5 Å². The lowest BCUT2D eigenvalue weighted by atomic mass is 10.2. The highest BCUT2D eigenvalue weighted by atomic mass is 35.5. The van der Waals surface area contributed by atoms with Crippen LogP contribution in [0, 0.1) is 11.3 Å². The van der Waals surface area contributed by atoms with E-state index in [1.807, 2.05) is 0 Å². The Balaban J connectivity index is 2.15. The highest BCUT2D eigenvalue weighted by molar-refractivity contribution is 7.46. The van der Waals surface area contributed by atoms with E-state index in [1.54, 1.807) is 6.07 Å². The number of phosphoric acid groups is 1. The molecule has 0 radical (unpaired) electrons. The molecule has 2 N–H and O–H groups in total. The topological polar surface area (TPSA) is 170 Å². The Morgan fingerprint density at radius 1 is 1.13 bits per heavy atom. The van der Waals surface area contributed by atoms with Gasteiger partial charge in [0, 0.05) is 17.5 Å². The Morgan fingerprint density at radius 3 is 2.36 bits per heavy atom. The van der Waals surface area contributed by atoms with Crippen LogP contribution in [0.2, 0.25) is 5.02 Å². The van der Waals surface area contributed by atoms with Crippen LogP contribution in [0.3, 0.4) is 0 Å². The summed E-state index contributed by atoms with van der Waals surface area (Å²) in [6, 6.07) is 5.42. The zero-order valence-corrected chi connectivity index (χ0v) is 20.8. The number of halogens is 6. The zero-order chi connectivity index (χ0) is 29.3. The Hall–Kier alpha value is -3.68. The second kappa shape index (κ2) is 10.8. The van der Waals surface area contributed by atoms with E-state index in [0.717, 1.165) is 12.1 Å². The van der Waals surface area contributed by atoms with Crippen LogP contribution in [-0.4, -0.2) is 29.1 Å². The van der Waals surface area contributed by atoms with Gasteiger partial charge in [0.1, 0.15) is 11.4 Å². The predicted molar refractivity (Wildman–Crippen MR) is 120 cm³/mol. The van der Waals surface area contributed by atoms with Gasteiger partial charge < -0.3 is 14.5 Å². The molecule has 1 aromatic carbocycles. The molecule has 0 aliphatic carbocycles. The molecular formula is C20H14ClF5N5O7P. The molecule has 0 saturated carbocycles. The smallest absolute Gasteiger partial charge is 0.449 e. The lowest BCUT2D eigenvalue weighted by Crippen LogP contribution is -2.33. The Bertz CT molecular complexity index is 1630. The van der Waals surface area contributed by atoms with E-state index in [9.17, 15) is 36.1 Å². The molecule has 0 amide bonds. The van der Waals surface area contributed by atoms with Gasteiger partial charge in [0.25, 0.3) is 17.0 Å². The lowest BCUT2D eigenvalue weighted by Gasteiger charge is -2.17. The number of hydrogen-bond donors (Lipinski definition) is 2. The summed E-state index contributed by atoms with van der Waals surface area (Å²) in [5, 5.41) is 12.2. The molecule has 208 valence electrons. The van der Waals surface area contributed by atoms with Crippen molar-refractivity contribution >= 4 is 19.4 Å². The number of nitriles is 1. The van der Waals surface area contributed by atoms with E-state index in [4.69, 9.17) is 31.4 Å². The van der Waals surface area contributed by atoms with Gasteiger partial charge in [0.05, 0.1) is 24.5 Å². The molecule has 0 fully saturated rings. The lowest BCUT2D eigenvalue weighted by molar-refractivity contribution is -0.142. The van der Waals surface area contributed by atoms with Gasteiger partial charge in [-0.05, 0) is 24.3 Å². The van der Waals surface area contributed by atoms with E-state index in [-0.39, 0.29) is 15.3 Å². The van der Waals surface area contributed by atoms with Crippen molar-refractivity contribution in [2.75, 3.05) is 0 Å². The molecule has 0 aliphatic heterocycles. The average molecular weight is 598 g/mol. The van der Waals surface area contributed by atoms with Crippen molar-refractivity contribution in [3.63, 3.8) is 0 Å². The first-order chi connectivity index (χ1) is 17.9. The summed E-state index contributed by atoms with van der Waals surface area (Å²) in [5.41, 5.74) is -6.39. The molecule has 12 nitrogen and oxygen atoms in total. The first-order valence-corrected chi connectivity index (χ1v) is 12.0. The third-order valence-corrected chi connectivity index (χ3v) is 5.34. The van der Waals surface area contributed by atoms with Crippen molar-refractivity contribution in [2.24, 2.45) is 0 Å². The molecule has 3 rings (SSSR count). The molecule has 0 aliphatic rings. The first-order valence-electron chi connectivity index (χ1n) is 10.1. The molecule has 2 aromatic heterocycles. The molecular weight excluding hydrogens is 584 g/mol. The van der Waals surface area contributed by atoms with Crippen LogP contribution in [0.4, 0.5) is 22.0 Å². The number of hydrogen-bond acceptors (Lipinski definition) is 8. The minimum absolute atomic E-state index is 0.107. The van der Waals surface area contributed by atoms with Gasteiger partial charge in [0.2, 0.25) is 5.75 Å². The minimum atomic E-state index is -5.20. The number of aromatic nitrogens is 4. The van der Waals surface area contributed by atoms with Crippen molar-refractivity contribution in [1.29, 1.82) is 5.26 Å². The maximum atomic E-state index is 14.0. The maximum Gasteiger partial charge on any atom is 0.471 e. The van der Waals surface area contributed by atoms with Crippen LogP contribution >= 0.6 is 19.4 Å². The summed E-state index contributed by atoms with van der Waals surface area (Å²) in [6.07, 6.45) is -4.82. The van der Waals surface area contributed by atoms with Crippen LogP contribution in [0.1, 0.15) is 29.4 Å². The first kappa shape index (κ1) is 29.9. The SMILES string of the molecule is CC(F)(F)c1cc(Cn2cnc(C(F)(F)F)c(Oc3cc(Cl)cc(C#N)c3)c2=O)c(=O)n(COP(=O)(O)O)n1. The van der Waals surface area contributed by atoms with E-state index in [1.165, 1.54) is 6.07 Å². The summed E-state index contributed by atoms with van der Waals surface area (Å²) >= 11 is 5.83. The highest BCUT2D eigenvalue weighted by Crippen LogP contribution is 2.36. The van der Waals surface area contributed by atoms with Gasteiger partial charge in [0.15, 0.2) is 12.4 Å². The molecule has 0 bridgehead atoms. The Labute approximate surface area is 218 Å². The molecule has 19 heteroatoms. The molecule has 0 unspecified atom stereocenters. The fourth-order valence-electron chi connectivity index (χ4n) is 3.01.